The van der Waals surface area contributed by atoms with Crippen LogP contribution in [0.4, 0.5) is 5.69 Å². The molecule has 5 heteroatoms. The molecule has 0 atom stereocenters. The Morgan fingerprint density at radius 3 is 2.94 bits per heavy atom. The lowest BCUT2D eigenvalue weighted by Gasteiger charge is -2.05. The molecule has 1 aromatic heterocycles. The number of carboxylic acids is 1. The number of aromatic carboxylic acids is 1. The SMILES string of the molecule is CSc1cccc(NCc2cc(C(=O)O)cs2)c1. The highest BCUT2D eigenvalue weighted by molar-refractivity contribution is 7.98. The molecular weight excluding hydrogens is 266 g/mol. The van der Waals surface area contributed by atoms with Crippen molar-refractivity contribution in [3.63, 3.8) is 0 Å². The van der Waals surface area contributed by atoms with Crippen LogP contribution in [0.1, 0.15) is 15.2 Å². The van der Waals surface area contributed by atoms with Gasteiger partial charge in [0.15, 0.2) is 0 Å². The van der Waals surface area contributed by atoms with Gasteiger partial charge >= 0.3 is 5.97 Å². The van der Waals surface area contributed by atoms with Crippen LogP contribution in [-0.4, -0.2) is 17.3 Å². The number of hydrogen-bond donors (Lipinski definition) is 2. The zero-order chi connectivity index (χ0) is 13.0. The lowest BCUT2D eigenvalue weighted by molar-refractivity contribution is 0.0697. The van der Waals surface area contributed by atoms with E-state index in [2.05, 4.69) is 17.4 Å². The summed E-state index contributed by atoms with van der Waals surface area (Å²) in [5, 5.41) is 13.8. The third kappa shape index (κ3) is 3.27. The van der Waals surface area contributed by atoms with E-state index < -0.39 is 5.97 Å². The van der Waals surface area contributed by atoms with E-state index in [0.717, 1.165) is 10.6 Å². The van der Waals surface area contributed by atoms with Crippen LogP contribution in [0.25, 0.3) is 0 Å². The Labute approximate surface area is 114 Å². The largest absolute Gasteiger partial charge is 0.478 e. The van der Waals surface area contributed by atoms with Crippen molar-refractivity contribution in [1.82, 2.24) is 0 Å². The molecule has 0 aliphatic rings. The van der Waals surface area contributed by atoms with Gasteiger partial charge in [-0.05, 0) is 30.5 Å². The number of anilines is 1. The fraction of sp³-hybridized carbons (Fsp3) is 0.154. The monoisotopic (exact) mass is 279 g/mol. The molecule has 18 heavy (non-hydrogen) atoms. The zero-order valence-corrected chi connectivity index (χ0v) is 11.5. The van der Waals surface area contributed by atoms with E-state index in [-0.39, 0.29) is 0 Å². The van der Waals surface area contributed by atoms with Crippen LogP contribution in [0.5, 0.6) is 0 Å². The number of hydrogen-bond acceptors (Lipinski definition) is 4. The van der Waals surface area contributed by atoms with E-state index >= 15 is 0 Å². The Balaban J connectivity index is 1.99. The molecular formula is C13H13NO2S2. The maximum Gasteiger partial charge on any atom is 0.336 e. The molecule has 2 aromatic rings. The average Bonchev–Trinajstić information content (AvgIpc) is 2.85. The highest BCUT2D eigenvalue weighted by Crippen LogP contribution is 2.21. The summed E-state index contributed by atoms with van der Waals surface area (Å²) in [4.78, 5) is 13.0. The maximum absolute atomic E-state index is 10.8. The molecule has 1 heterocycles. The van der Waals surface area contributed by atoms with Gasteiger partial charge in [-0.2, -0.15) is 0 Å². The van der Waals surface area contributed by atoms with Crippen molar-refractivity contribution in [2.45, 2.75) is 11.4 Å². The van der Waals surface area contributed by atoms with Crippen LogP contribution >= 0.6 is 23.1 Å². The Kier molecular flexibility index (Phi) is 4.28. The Morgan fingerprint density at radius 1 is 1.44 bits per heavy atom. The van der Waals surface area contributed by atoms with Crippen molar-refractivity contribution < 1.29 is 9.90 Å². The van der Waals surface area contributed by atoms with E-state index in [0.29, 0.717) is 12.1 Å². The maximum atomic E-state index is 10.8. The molecule has 0 saturated heterocycles. The third-order valence-electron chi connectivity index (χ3n) is 2.44. The van der Waals surface area contributed by atoms with Crippen molar-refractivity contribution in [3.8, 4) is 0 Å². The molecule has 1 aromatic carbocycles. The smallest absolute Gasteiger partial charge is 0.336 e. The van der Waals surface area contributed by atoms with E-state index in [1.165, 1.54) is 16.2 Å². The van der Waals surface area contributed by atoms with Gasteiger partial charge in [-0.25, -0.2) is 4.79 Å². The van der Waals surface area contributed by atoms with Gasteiger partial charge < -0.3 is 10.4 Å². The Morgan fingerprint density at radius 2 is 2.28 bits per heavy atom. The van der Waals surface area contributed by atoms with Crippen LogP contribution < -0.4 is 5.32 Å². The number of carbonyl (C=O) groups is 1. The molecule has 0 spiro atoms. The molecule has 0 aliphatic heterocycles. The van der Waals surface area contributed by atoms with Crippen LogP contribution in [0.2, 0.25) is 0 Å². The van der Waals surface area contributed by atoms with Gasteiger partial charge in [0.2, 0.25) is 0 Å². The fourth-order valence-electron chi connectivity index (χ4n) is 1.51. The van der Waals surface area contributed by atoms with Gasteiger partial charge in [0, 0.05) is 27.4 Å². The first-order valence-electron chi connectivity index (χ1n) is 5.37. The minimum Gasteiger partial charge on any atom is -0.478 e. The van der Waals surface area contributed by atoms with E-state index in [1.807, 2.05) is 18.4 Å². The van der Waals surface area contributed by atoms with Gasteiger partial charge in [0.25, 0.3) is 0 Å². The summed E-state index contributed by atoms with van der Waals surface area (Å²) in [6, 6.07) is 9.86. The first-order chi connectivity index (χ1) is 8.69. The second-order valence-electron chi connectivity index (χ2n) is 3.69. The van der Waals surface area contributed by atoms with Gasteiger partial charge in [0.05, 0.1) is 5.56 Å². The normalized spacial score (nSPS) is 10.3. The minimum atomic E-state index is -0.873. The summed E-state index contributed by atoms with van der Waals surface area (Å²) >= 11 is 3.16. The number of carboxylic acid groups (broad SMARTS) is 1. The summed E-state index contributed by atoms with van der Waals surface area (Å²) in [6.07, 6.45) is 2.04. The summed E-state index contributed by atoms with van der Waals surface area (Å²) in [5.41, 5.74) is 1.40. The molecule has 0 saturated carbocycles. The molecule has 94 valence electrons. The Hall–Kier alpha value is -1.46. The summed E-state index contributed by atoms with van der Waals surface area (Å²) in [5.74, 6) is -0.873. The topological polar surface area (TPSA) is 49.3 Å². The van der Waals surface area contributed by atoms with E-state index in [1.54, 1.807) is 23.2 Å². The molecule has 2 rings (SSSR count). The second-order valence-corrected chi connectivity index (χ2v) is 5.57. The van der Waals surface area contributed by atoms with E-state index in [4.69, 9.17) is 5.11 Å². The fourth-order valence-corrected chi connectivity index (χ4v) is 2.76. The van der Waals surface area contributed by atoms with Crippen molar-refractivity contribution in [3.05, 3.63) is 46.2 Å². The predicted octanol–water partition coefficient (Wildman–Crippen LogP) is 3.78. The van der Waals surface area contributed by atoms with Gasteiger partial charge in [-0.3, -0.25) is 0 Å². The molecule has 0 radical (unpaired) electrons. The molecule has 0 amide bonds. The lowest BCUT2D eigenvalue weighted by Crippen LogP contribution is -1.98. The summed E-state index contributed by atoms with van der Waals surface area (Å²) in [6.45, 7) is 0.649. The van der Waals surface area contributed by atoms with Crippen LogP contribution in [-0.2, 0) is 6.54 Å². The molecule has 0 fully saturated rings. The second kappa shape index (κ2) is 5.93. The highest BCUT2D eigenvalue weighted by Gasteiger charge is 2.06. The van der Waals surface area contributed by atoms with Crippen molar-refractivity contribution in [1.29, 1.82) is 0 Å². The molecule has 0 unspecified atom stereocenters. The molecule has 0 aliphatic carbocycles. The standard InChI is InChI=1S/C13H13NO2S2/c1-17-11-4-2-3-10(6-11)14-7-12-5-9(8-18-12)13(15)16/h2-6,8,14H,7H2,1H3,(H,15,16). The van der Waals surface area contributed by atoms with Gasteiger partial charge in [-0.15, -0.1) is 23.1 Å². The van der Waals surface area contributed by atoms with Gasteiger partial charge in [0.1, 0.15) is 0 Å². The van der Waals surface area contributed by atoms with Crippen molar-refractivity contribution in [2.75, 3.05) is 11.6 Å². The van der Waals surface area contributed by atoms with Gasteiger partial charge in [-0.1, -0.05) is 6.07 Å². The number of thiophene rings is 1. The first-order valence-corrected chi connectivity index (χ1v) is 7.48. The molecule has 3 nitrogen and oxygen atoms in total. The molecule has 0 bridgehead atoms. The number of thioether (sulfide) groups is 1. The van der Waals surface area contributed by atoms with Crippen molar-refractivity contribution in [2.24, 2.45) is 0 Å². The number of benzene rings is 1. The lowest BCUT2D eigenvalue weighted by atomic mass is 10.3. The molecule has 2 N–H and O–H groups in total. The van der Waals surface area contributed by atoms with Crippen LogP contribution in [0.3, 0.4) is 0 Å². The minimum absolute atomic E-state index is 0.356. The summed E-state index contributed by atoms with van der Waals surface area (Å²) in [7, 11) is 0. The number of rotatable bonds is 5. The highest BCUT2D eigenvalue weighted by atomic mass is 32.2. The summed E-state index contributed by atoms with van der Waals surface area (Å²) < 4.78 is 0. The Bertz CT molecular complexity index is 551. The van der Waals surface area contributed by atoms with Crippen LogP contribution in [0, 0.1) is 0 Å². The zero-order valence-electron chi connectivity index (χ0n) is 9.84. The first kappa shape index (κ1) is 13.0. The average molecular weight is 279 g/mol. The van der Waals surface area contributed by atoms with E-state index in [9.17, 15) is 4.79 Å². The number of nitrogens with one attached hydrogen (secondary N) is 1. The van der Waals surface area contributed by atoms with Crippen LogP contribution in [0.15, 0.2) is 40.6 Å². The quantitative estimate of drug-likeness (QED) is 0.818. The van der Waals surface area contributed by atoms with Crippen molar-refractivity contribution >= 4 is 34.8 Å². The predicted molar refractivity (Wildman–Crippen MR) is 76.8 cm³/mol. The third-order valence-corrected chi connectivity index (χ3v) is 4.10.